The van der Waals surface area contributed by atoms with Gasteiger partial charge in [0.25, 0.3) is 11.8 Å². The number of benzene rings is 2. The fraction of sp³-hybridized carbons (Fsp3) is 0.263. The summed E-state index contributed by atoms with van der Waals surface area (Å²) < 4.78 is 11.0. The van der Waals surface area contributed by atoms with Crippen molar-refractivity contribution < 1.29 is 19.1 Å². The third kappa shape index (κ3) is 5.67. The predicted octanol–water partition coefficient (Wildman–Crippen LogP) is 2.95. The largest absolute Gasteiger partial charge is 0.483 e. The molecule has 0 saturated heterocycles. The van der Waals surface area contributed by atoms with Gasteiger partial charge in [-0.15, -0.1) is 0 Å². The molecule has 0 spiro atoms. The van der Waals surface area contributed by atoms with Crippen molar-refractivity contribution in [3.8, 4) is 11.5 Å². The zero-order valence-corrected chi connectivity index (χ0v) is 15.6. The second-order valence-electron chi connectivity index (χ2n) is 5.76. The number of ether oxygens (including phenoxy) is 2. The van der Waals surface area contributed by atoms with E-state index in [2.05, 4.69) is 10.9 Å². The minimum Gasteiger partial charge on any atom is -0.483 e. The van der Waals surface area contributed by atoms with Crippen LogP contribution in [0.4, 0.5) is 0 Å². The van der Waals surface area contributed by atoms with Crippen LogP contribution in [0.3, 0.4) is 0 Å². The van der Waals surface area contributed by atoms with Crippen LogP contribution in [0.1, 0.15) is 18.1 Å². The van der Waals surface area contributed by atoms with Crippen LogP contribution >= 0.6 is 11.6 Å². The molecule has 2 aromatic carbocycles. The van der Waals surface area contributed by atoms with Crippen LogP contribution in [0.25, 0.3) is 0 Å². The Hall–Kier alpha value is -2.73. The lowest BCUT2D eigenvalue weighted by Gasteiger charge is -2.16. The highest BCUT2D eigenvalue weighted by Crippen LogP contribution is 2.22. The first-order chi connectivity index (χ1) is 12.4. The first-order valence-corrected chi connectivity index (χ1v) is 8.44. The number of para-hydroxylation sites is 1. The highest BCUT2D eigenvalue weighted by Gasteiger charge is 2.16. The Kier molecular flexibility index (Phi) is 6.86. The van der Waals surface area contributed by atoms with Crippen LogP contribution in [0.2, 0.25) is 5.02 Å². The number of hydrogen-bond donors (Lipinski definition) is 2. The van der Waals surface area contributed by atoms with Crippen LogP contribution in [0.5, 0.6) is 11.5 Å². The highest BCUT2D eigenvalue weighted by atomic mass is 35.5. The predicted molar refractivity (Wildman–Crippen MR) is 99.2 cm³/mol. The van der Waals surface area contributed by atoms with Gasteiger partial charge in [-0.2, -0.15) is 0 Å². The Morgan fingerprint density at radius 1 is 1.04 bits per heavy atom. The van der Waals surface area contributed by atoms with E-state index in [9.17, 15) is 9.59 Å². The van der Waals surface area contributed by atoms with Crippen molar-refractivity contribution in [1.82, 2.24) is 10.9 Å². The summed E-state index contributed by atoms with van der Waals surface area (Å²) in [5.74, 6) is 0.204. The van der Waals surface area contributed by atoms with E-state index in [1.807, 2.05) is 32.0 Å². The zero-order chi connectivity index (χ0) is 19.1. The van der Waals surface area contributed by atoms with E-state index in [0.717, 1.165) is 11.1 Å². The number of nitrogens with one attached hydrogen (secondary N) is 2. The number of aryl methyl sites for hydroxylation is 2. The molecule has 0 aromatic heterocycles. The maximum absolute atomic E-state index is 12.0. The van der Waals surface area contributed by atoms with Gasteiger partial charge in [0.05, 0.1) is 0 Å². The van der Waals surface area contributed by atoms with Crippen molar-refractivity contribution in [2.24, 2.45) is 0 Å². The molecule has 2 N–H and O–H groups in total. The van der Waals surface area contributed by atoms with Gasteiger partial charge in [-0.25, -0.2) is 0 Å². The Labute approximate surface area is 157 Å². The molecule has 2 aromatic rings. The lowest BCUT2D eigenvalue weighted by Crippen LogP contribution is -2.48. The molecule has 0 aliphatic heterocycles. The molecule has 6 nitrogen and oxygen atoms in total. The molecule has 138 valence electrons. The van der Waals surface area contributed by atoms with Gasteiger partial charge in [0.1, 0.15) is 11.5 Å². The van der Waals surface area contributed by atoms with Gasteiger partial charge in [-0.05, 0) is 56.2 Å². The van der Waals surface area contributed by atoms with Crippen molar-refractivity contribution in [3.63, 3.8) is 0 Å². The van der Waals surface area contributed by atoms with Crippen LogP contribution < -0.4 is 20.3 Å². The summed E-state index contributed by atoms with van der Waals surface area (Å²) in [5, 5.41) is 0.575. The summed E-state index contributed by atoms with van der Waals surface area (Å²) in [6.45, 7) is 5.16. The van der Waals surface area contributed by atoms with E-state index in [-0.39, 0.29) is 6.61 Å². The van der Waals surface area contributed by atoms with E-state index in [1.54, 1.807) is 31.2 Å². The molecule has 0 bridgehead atoms. The Balaban J connectivity index is 1.77. The highest BCUT2D eigenvalue weighted by molar-refractivity contribution is 6.30. The topological polar surface area (TPSA) is 76.7 Å². The molecular weight excluding hydrogens is 356 g/mol. The summed E-state index contributed by atoms with van der Waals surface area (Å²) >= 11 is 5.79. The molecule has 0 aliphatic rings. The molecule has 0 aliphatic carbocycles. The molecule has 1 atom stereocenters. The number of halogens is 1. The van der Waals surface area contributed by atoms with Gasteiger partial charge in [-0.1, -0.05) is 29.8 Å². The molecule has 2 rings (SSSR count). The first kappa shape index (κ1) is 19.6. The molecular formula is C19H21ClN2O4. The number of amides is 2. The molecule has 0 heterocycles. The van der Waals surface area contributed by atoms with Crippen molar-refractivity contribution in [1.29, 1.82) is 0 Å². The second-order valence-corrected chi connectivity index (χ2v) is 6.20. The number of carbonyl (C=O) groups is 2. The van der Waals surface area contributed by atoms with Crippen LogP contribution in [-0.2, 0) is 9.59 Å². The van der Waals surface area contributed by atoms with Gasteiger partial charge in [0.15, 0.2) is 12.7 Å². The standard InChI is InChI=1S/C19H21ClN2O4/c1-12-5-4-6-13(2)18(12)25-11-17(23)21-22-19(24)14(3)26-16-9-7-15(20)8-10-16/h4-10,14H,11H2,1-3H3,(H,21,23)(H,22,24). The number of rotatable bonds is 6. The molecule has 2 amide bonds. The summed E-state index contributed by atoms with van der Waals surface area (Å²) in [4.78, 5) is 23.8. The molecule has 1 unspecified atom stereocenters. The van der Waals surface area contributed by atoms with Crippen LogP contribution in [0.15, 0.2) is 42.5 Å². The smallest absolute Gasteiger partial charge is 0.279 e. The molecule has 0 radical (unpaired) electrons. The molecule has 0 saturated carbocycles. The average molecular weight is 377 g/mol. The molecule has 0 fully saturated rings. The summed E-state index contributed by atoms with van der Waals surface area (Å²) in [5.41, 5.74) is 6.49. The van der Waals surface area contributed by atoms with Crippen molar-refractivity contribution in [2.75, 3.05) is 6.61 Å². The van der Waals surface area contributed by atoms with Gasteiger partial charge in [0.2, 0.25) is 0 Å². The van der Waals surface area contributed by atoms with E-state index in [4.69, 9.17) is 21.1 Å². The Morgan fingerprint density at radius 2 is 1.65 bits per heavy atom. The third-order valence-corrected chi connectivity index (χ3v) is 3.83. The first-order valence-electron chi connectivity index (χ1n) is 8.06. The Morgan fingerprint density at radius 3 is 2.27 bits per heavy atom. The maximum Gasteiger partial charge on any atom is 0.279 e. The average Bonchev–Trinajstić information content (AvgIpc) is 2.61. The minimum atomic E-state index is -0.795. The van der Waals surface area contributed by atoms with Gasteiger partial charge < -0.3 is 9.47 Å². The van der Waals surface area contributed by atoms with Gasteiger partial charge >= 0.3 is 0 Å². The van der Waals surface area contributed by atoms with E-state index < -0.39 is 17.9 Å². The van der Waals surface area contributed by atoms with E-state index in [0.29, 0.717) is 16.5 Å². The number of hydrazine groups is 1. The van der Waals surface area contributed by atoms with Crippen molar-refractivity contribution in [2.45, 2.75) is 26.9 Å². The van der Waals surface area contributed by atoms with Gasteiger partial charge in [-0.3, -0.25) is 20.4 Å². The van der Waals surface area contributed by atoms with E-state index in [1.165, 1.54) is 0 Å². The summed E-state index contributed by atoms with van der Waals surface area (Å²) in [6, 6.07) is 12.4. The van der Waals surface area contributed by atoms with E-state index >= 15 is 0 Å². The number of hydrogen-bond acceptors (Lipinski definition) is 4. The summed E-state index contributed by atoms with van der Waals surface area (Å²) in [6.07, 6.45) is -0.795. The summed E-state index contributed by atoms with van der Waals surface area (Å²) in [7, 11) is 0. The zero-order valence-electron chi connectivity index (χ0n) is 14.8. The van der Waals surface area contributed by atoms with Gasteiger partial charge in [0, 0.05) is 5.02 Å². The minimum absolute atomic E-state index is 0.210. The SMILES string of the molecule is Cc1cccc(C)c1OCC(=O)NNC(=O)C(C)Oc1ccc(Cl)cc1. The fourth-order valence-corrected chi connectivity index (χ4v) is 2.33. The fourth-order valence-electron chi connectivity index (χ4n) is 2.20. The monoisotopic (exact) mass is 376 g/mol. The quantitative estimate of drug-likeness (QED) is 0.760. The second kappa shape index (κ2) is 9.10. The van der Waals surface area contributed by atoms with Crippen molar-refractivity contribution in [3.05, 3.63) is 58.6 Å². The molecule has 26 heavy (non-hydrogen) atoms. The number of carbonyl (C=O) groups excluding carboxylic acids is 2. The Bertz CT molecular complexity index is 757. The molecule has 7 heteroatoms. The van der Waals surface area contributed by atoms with Crippen LogP contribution in [-0.4, -0.2) is 24.5 Å². The lowest BCUT2D eigenvalue weighted by molar-refractivity contribution is -0.133. The maximum atomic E-state index is 12.0. The van der Waals surface area contributed by atoms with Crippen molar-refractivity contribution >= 4 is 23.4 Å². The lowest BCUT2D eigenvalue weighted by atomic mass is 10.1. The third-order valence-electron chi connectivity index (χ3n) is 3.58. The normalized spacial score (nSPS) is 11.4. The van der Waals surface area contributed by atoms with Crippen LogP contribution in [0, 0.1) is 13.8 Å².